The van der Waals surface area contributed by atoms with Crippen molar-refractivity contribution in [2.24, 2.45) is 5.73 Å². The number of morpholine rings is 1. The molecule has 1 aliphatic rings. The fourth-order valence-corrected chi connectivity index (χ4v) is 2.23. The first-order chi connectivity index (χ1) is 9.19. The monoisotopic (exact) mass is 264 g/mol. The van der Waals surface area contributed by atoms with Gasteiger partial charge in [-0.15, -0.1) is 0 Å². The average molecular weight is 264 g/mol. The van der Waals surface area contributed by atoms with Crippen LogP contribution in [0.15, 0.2) is 24.3 Å². The van der Waals surface area contributed by atoms with E-state index in [2.05, 4.69) is 11.8 Å². The van der Waals surface area contributed by atoms with E-state index in [4.69, 9.17) is 15.2 Å². The van der Waals surface area contributed by atoms with Crippen LogP contribution < -0.4 is 10.5 Å². The molecule has 19 heavy (non-hydrogen) atoms. The minimum absolute atomic E-state index is 0.0637. The number of likely N-dealkylation sites (N-methyl/N-ethyl adjacent to an activating group) is 1. The highest BCUT2D eigenvalue weighted by Gasteiger charge is 2.19. The van der Waals surface area contributed by atoms with E-state index in [0.29, 0.717) is 6.61 Å². The summed E-state index contributed by atoms with van der Waals surface area (Å²) in [6, 6.07) is 8.03. The molecule has 1 saturated heterocycles. The summed E-state index contributed by atoms with van der Waals surface area (Å²) >= 11 is 0. The highest BCUT2D eigenvalue weighted by atomic mass is 16.5. The van der Waals surface area contributed by atoms with E-state index in [0.717, 1.165) is 37.6 Å². The normalized spacial score (nSPS) is 22.2. The van der Waals surface area contributed by atoms with E-state index in [-0.39, 0.29) is 12.1 Å². The molecular formula is C15H24N2O2. The predicted molar refractivity (Wildman–Crippen MR) is 76.4 cm³/mol. The molecule has 0 aromatic heterocycles. The molecule has 106 valence electrons. The van der Waals surface area contributed by atoms with Gasteiger partial charge in [0.25, 0.3) is 0 Å². The smallest absolute Gasteiger partial charge is 0.119 e. The number of rotatable bonds is 5. The first-order valence-corrected chi connectivity index (χ1v) is 7.01. The molecule has 2 atom stereocenters. The lowest BCUT2D eigenvalue weighted by Crippen LogP contribution is -2.44. The maximum absolute atomic E-state index is 5.82. The van der Waals surface area contributed by atoms with Gasteiger partial charge in [-0.1, -0.05) is 19.1 Å². The first-order valence-electron chi connectivity index (χ1n) is 7.01. The standard InChI is InChI=1S/C15H24N2O2/c1-3-17-8-9-18-15(10-17)11-19-14-6-4-13(5-7-14)12(2)16/h4-7,12,15H,3,8-11,16H2,1-2H3/t12-,15?/m1/s1. The molecule has 0 spiro atoms. The summed E-state index contributed by atoms with van der Waals surface area (Å²) in [5.74, 6) is 0.877. The van der Waals surface area contributed by atoms with Crippen molar-refractivity contribution < 1.29 is 9.47 Å². The molecule has 0 radical (unpaired) electrons. The van der Waals surface area contributed by atoms with Crippen LogP contribution in [0.5, 0.6) is 5.75 Å². The lowest BCUT2D eigenvalue weighted by Gasteiger charge is -2.31. The van der Waals surface area contributed by atoms with Gasteiger partial charge in [0.15, 0.2) is 0 Å². The van der Waals surface area contributed by atoms with Crippen LogP contribution in [0.2, 0.25) is 0 Å². The van der Waals surface area contributed by atoms with Crippen LogP contribution in [0.3, 0.4) is 0 Å². The van der Waals surface area contributed by atoms with Gasteiger partial charge < -0.3 is 15.2 Å². The Labute approximate surface area is 115 Å². The lowest BCUT2D eigenvalue weighted by molar-refractivity contribution is -0.0464. The van der Waals surface area contributed by atoms with E-state index < -0.39 is 0 Å². The van der Waals surface area contributed by atoms with E-state index in [9.17, 15) is 0 Å². The van der Waals surface area contributed by atoms with Crippen molar-refractivity contribution in [1.82, 2.24) is 4.90 Å². The van der Waals surface area contributed by atoms with Crippen LogP contribution in [0.4, 0.5) is 0 Å². The number of hydrogen-bond donors (Lipinski definition) is 1. The summed E-state index contributed by atoms with van der Waals surface area (Å²) in [6.07, 6.45) is 0.168. The van der Waals surface area contributed by atoms with E-state index in [1.807, 2.05) is 31.2 Å². The summed E-state index contributed by atoms with van der Waals surface area (Å²) in [7, 11) is 0. The van der Waals surface area contributed by atoms with E-state index >= 15 is 0 Å². The topological polar surface area (TPSA) is 47.7 Å². The Morgan fingerprint density at radius 3 is 2.79 bits per heavy atom. The summed E-state index contributed by atoms with van der Waals surface area (Å²) in [5.41, 5.74) is 6.94. The summed E-state index contributed by atoms with van der Waals surface area (Å²) in [6.45, 7) is 8.61. The van der Waals surface area contributed by atoms with Gasteiger partial charge in [0.1, 0.15) is 18.5 Å². The van der Waals surface area contributed by atoms with E-state index in [1.54, 1.807) is 0 Å². The SMILES string of the molecule is CCN1CCOC(COc2ccc([C@@H](C)N)cc2)C1. The number of ether oxygens (including phenoxy) is 2. The molecule has 1 heterocycles. The number of benzene rings is 1. The van der Waals surface area contributed by atoms with Crippen LogP contribution in [0.1, 0.15) is 25.5 Å². The second-order valence-corrected chi connectivity index (χ2v) is 5.05. The molecule has 4 heteroatoms. The van der Waals surface area contributed by atoms with Crippen LogP contribution in [0.25, 0.3) is 0 Å². The Morgan fingerprint density at radius 1 is 1.42 bits per heavy atom. The van der Waals surface area contributed by atoms with Crippen LogP contribution in [-0.4, -0.2) is 43.9 Å². The largest absolute Gasteiger partial charge is 0.491 e. The first kappa shape index (κ1) is 14.3. The number of nitrogens with two attached hydrogens (primary N) is 1. The van der Waals surface area contributed by atoms with Gasteiger partial charge in [0.2, 0.25) is 0 Å². The van der Waals surface area contributed by atoms with Crippen molar-refractivity contribution >= 4 is 0 Å². The third-order valence-corrected chi connectivity index (χ3v) is 3.51. The maximum Gasteiger partial charge on any atom is 0.119 e. The van der Waals surface area contributed by atoms with Crippen molar-refractivity contribution in [3.8, 4) is 5.75 Å². The third-order valence-electron chi connectivity index (χ3n) is 3.51. The zero-order chi connectivity index (χ0) is 13.7. The van der Waals surface area contributed by atoms with Gasteiger partial charge in [-0.05, 0) is 31.2 Å². The van der Waals surface area contributed by atoms with Gasteiger partial charge in [0, 0.05) is 19.1 Å². The van der Waals surface area contributed by atoms with Gasteiger partial charge >= 0.3 is 0 Å². The molecule has 2 N–H and O–H groups in total. The van der Waals surface area contributed by atoms with Gasteiger partial charge in [-0.25, -0.2) is 0 Å². The molecule has 1 aliphatic heterocycles. The zero-order valence-corrected chi connectivity index (χ0v) is 11.8. The molecule has 0 saturated carbocycles. The fraction of sp³-hybridized carbons (Fsp3) is 0.600. The molecule has 0 bridgehead atoms. The Bertz CT molecular complexity index is 378. The highest BCUT2D eigenvalue weighted by Crippen LogP contribution is 2.17. The van der Waals surface area contributed by atoms with Gasteiger partial charge in [-0.2, -0.15) is 0 Å². The summed E-state index contributed by atoms with van der Waals surface area (Å²) in [5, 5.41) is 0. The van der Waals surface area contributed by atoms with Crippen molar-refractivity contribution in [2.45, 2.75) is 26.0 Å². The Kier molecular flexibility index (Phi) is 5.19. The van der Waals surface area contributed by atoms with E-state index in [1.165, 1.54) is 0 Å². The van der Waals surface area contributed by atoms with Crippen molar-refractivity contribution in [3.63, 3.8) is 0 Å². The van der Waals surface area contributed by atoms with Crippen LogP contribution in [0, 0.1) is 0 Å². The second-order valence-electron chi connectivity index (χ2n) is 5.05. The number of hydrogen-bond acceptors (Lipinski definition) is 4. The fourth-order valence-electron chi connectivity index (χ4n) is 2.23. The maximum atomic E-state index is 5.82. The average Bonchev–Trinajstić information content (AvgIpc) is 2.46. The van der Waals surface area contributed by atoms with Crippen molar-refractivity contribution in [1.29, 1.82) is 0 Å². The second kappa shape index (κ2) is 6.89. The summed E-state index contributed by atoms with van der Waals surface area (Å²) in [4.78, 5) is 2.39. The molecule has 0 amide bonds. The highest BCUT2D eigenvalue weighted by molar-refractivity contribution is 5.28. The van der Waals surface area contributed by atoms with Crippen molar-refractivity contribution in [3.05, 3.63) is 29.8 Å². The minimum Gasteiger partial charge on any atom is -0.491 e. The van der Waals surface area contributed by atoms with Crippen molar-refractivity contribution in [2.75, 3.05) is 32.8 Å². The van der Waals surface area contributed by atoms with Crippen LogP contribution in [-0.2, 0) is 4.74 Å². The molecule has 1 fully saturated rings. The third kappa shape index (κ3) is 4.20. The van der Waals surface area contributed by atoms with Gasteiger partial charge in [-0.3, -0.25) is 4.90 Å². The molecule has 1 aromatic rings. The quantitative estimate of drug-likeness (QED) is 0.881. The Morgan fingerprint density at radius 2 is 2.16 bits per heavy atom. The Balaban J connectivity index is 1.81. The summed E-state index contributed by atoms with van der Waals surface area (Å²) < 4.78 is 11.5. The lowest BCUT2D eigenvalue weighted by atomic mass is 10.1. The zero-order valence-electron chi connectivity index (χ0n) is 11.8. The van der Waals surface area contributed by atoms with Crippen LogP contribution >= 0.6 is 0 Å². The molecule has 1 unspecified atom stereocenters. The molecule has 4 nitrogen and oxygen atoms in total. The number of nitrogens with zero attached hydrogens (tertiary/aromatic N) is 1. The predicted octanol–water partition coefficient (Wildman–Crippen LogP) is 1.81. The minimum atomic E-state index is 0.0637. The molecule has 0 aliphatic carbocycles. The molecule has 2 rings (SSSR count). The molecule has 1 aromatic carbocycles. The Hall–Kier alpha value is -1.10. The van der Waals surface area contributed by atoms with Gasteiger partial charge in [0.05, 0.1) is 6.61 Å². The molecular weight excluding hydrogens is 240 g/mol.